The van der Waals surface area contributed by atoms with E-state index in [1.54, 1.807) is 13.0 Å². The van der Waals surface area contributed by atoms with E-state index in [4.69, 9.17) is 0 Å². The summed E-state index contributed by atoms with van der Waals surface area (Å²) < 4.78 is 0. The molecule has 0 spiro atoms. The highest BCUT2D eigenvalue weighted by Crippen LogP contribution is 2.12. The van der Waals surface area contributed by atoms with Gasteiger partial charge < -0.3 is 0 Å². The van der Waals surface area contributed by atoms with Gasteiger partial charge in [-0.15, -0.1) is 0 Å². The Hall–Kier alpha value is -1.11. The van der Waals surface area contributed by atoms with Gasteiger partial charge in [0.05, 0.1) is 0 Å². The second-order valence-corrected chi connectivity index (χ2v) is 2.55. The van der Waals surface area contributed by atoms with Gasteiger partial charge in [0.25, 0.3) is 0 Å². The van der Waals surface area contributed by atoms with Gasteiger partial charge >= 0.3 is 0 Å². The molecule has 14 heavy (non-hydrogen) atoms. The molecule has 0 N–H and O–H groups in total. The summed E-state index contributed by atoms with van der Waals surface area (Å²) in [5.41, 5.74) is 1.79. The van der Waals surface area contributed by atoms with Crippen LogP contribution < -0.4 is 0 Å². The smallest absolute Gasteiger partial charge is 0.160 e. The van der Waals surface area contributed by atoms with Gasteiger partial charge in [0.15, 0.2) is 5.78 Å². The zero-order valence-corrected chi connectivity index (χ0v) is 10.1. The molecule has 0 rings (SSSR count). The first-order valence-electron chi connectivity index (χ1n) is 5.16. The highest BCUT2D eigenvalue weighted by molar-refractivity contribution is 5.97. The highest BCUT2D eigenvalue weighted by Gasteiger charge is 2.03. The molecule has 0 bridgehead atoms. The summed E-state index contributed by atoms with van der Waals surface area (Å²) in [4.78, 5) is 11.1. The SMILES string of the molecule is C=C/C(CC)=C(\C=C/C)C(C)=O.CC. The molecule has 0 amide bonds. The topological polar surface area (TPSA) is 17.1 Å². The molecular formula is C13H22O. The standard InChI is InChI=1S/C11H16O.C2H6/c1-5-8-11(9(4)12)10(6-2)7-3;1-2/h5-6,8H,2,7H2,1,3-4H3;1-2H3/b8-5-,11-10-;. The molecule has 0 aliphatic heterocycles. The van der Waals surface area contributed by atoms with Crippen molar-refractivity contribution in [1.82, 2.24) is 0 Å². The van der Waals surface area contributed by atoms with Gasteiger partial charge in [0.2, 0.25) is 0 Å². The van der Waals surface area contributed by atoms with Crippen molar-refractivity contribution in [2.24, 2.45) is 0 Å². The molecule has 80 valence electrons. The molecule has 0 heterocycles. The predicted octanol–water partition coefficient (Wildman–Crippen LogP) is 4.07. The maximum atomic E-state index is 11.1. The second kappa shape index (κ2) is 9.97. The average molecular weight is 194 g/mol. The first-order valence-corrected chi connectivity index (χ1v) is 5.16. The Labute approximate surface area is 88.2 Å². The van der Waals surface area contributed by atoms with Gasteiger partial charge in [-0.2, -0.15) is 0 Å². The Morgan fingerprint density at radius 3 is 2.07 bits per heavy atom. The van der Waals surface area contributed by atoms with E-state index in [0.29, 0.717) is 0 Å². The summed E-state index contributed by atoms with van der Waals surface area (Å²) in [6.07, 6.45) is 6.30. The minimum atomic E-state index is 0.102. The monoisotopic (exact) mass is 194 g/mol. The number of hydrogen-bond donors (Lipinski definition) is 0. The fourth-order valence-corrected chi connectivity index (χ4v) is 1.06. The zero-order valence-electron chi connectivity index (χ0n) is 10.1. The van der Waals surface area contributed by atoms with E-state index in [-0.39, 0.29) is 5.78 Å². The number of ketones is 1. The third kappa shape index (κ3) is 5.52. The van der Waals surface area contributed by atoms with Crippen LogP contribution in [0.2, 0.25) is 0 Å². The normalized spacial score (nSPS) is 11.5. The van der Waals surface area contributed by atoms with Crippen molar-refractivity contribution < 1.29 is 4.79 Å². The van der Waals surface area contributed by atoms with Crippen LogP contribution in [0, 0.1) is 0 Å². The van der Waals surface area contributed by atoms with Crippen LogP contribution in [0.1, 0.15) is 41.0 Å². The minimum absolute atomic E-state index is 0.102. The molecule has 0 saturated carbocycles. The van der Waals surface area contributed by atoms with Crippen LogP contribution in [0.25, 0.3) is 0 Å². The van der Waals surface area contributed by atoms with Gasteiger partial charge in [0, 0.05) is 5.57 Å². The van der Waals surface area contributed by atoms with Gasteiger partial charge in [-0.1, -0.05) is 45.6 Å². The molecule has 1 nitrogen and oxygen atoms in total. The lowest BCUT2D eigenvalue weighted by atomic mass is 10.0. The second-order valence-electron chi connectivity index (χ2n) is 2.55. The molecule has 0 aromatic carbocycles. The Morgan fingerprint density at radius 2 is 1.86 bits per heavy atom. The largest absolute Gasteiger partial charge is 0.295 e. The summed E-state index contributed by atoms with van der Waals surface area (Å²) in [7, 11) is 0. The van der Waals surface area contributed by atoms with Crippen molar-refractivity contribution in [3.63, 3.8) is 0 Å². The van der Waals surface area contributed by atoms with Crippen LogP contribution in [-0.4, -0.2) is 5.78 Å². The molecule has 0 atom stereocenters. The lowest BCUT2D eigenvalue weighted by Gasteiger charge is -2.02. The average Bonchev–Trinajstić information content (AvgIpc) is 2.21. The molecule has 0 aliphatic carbocycles. The summed E-state index contributed by atoms with van der Waals surface area (Å²) in [6, 6.07) is 0. The van der Waals surface area contributed by atoms with Crippen molar-refractivity contribution in [3.05, 3.63) is 36.0 Å². The van der Waals surface area contributed by atoms with Crippen molar-refractivity contribution >= 4 is 5.78 Å². The molecule has 0 radical (unpaired) electrons. The summed E-state index contributed by atoms with van der Waals surface area (Å²) in [6.45, 7) is 13.2. The quantitative estimate of drug-likeness (QED) is 0.487. The first-order chi connectivity index (χ1) is 6.67. The summed E-state index contributed by atoms with van der Waals surface area (Å²) in [5.74, 6) is 0.102. The van der Waals surface area contributed by atoms with Gasteiger partial charge in [0.1, 0.15) is 0 Å². The lowest BCUT2D eigenvalue weighted by molar-refractivity contribution is -0.113. The molecule has 1 heteroatoms. The summed E-state index contributed by atoms with van der Waals surface area (Å²) >= 11 is 0. The Morgan fingerprint density at radius 1 is 1.36 bits per heavy atom. The van der Waals surface area contributed by atoms with Crippen LogP contribution in [0.3, 0.4) is 0 Å². The highest BCUT2D eigenvalue weighted by atomic mass is 16.1. The fourth-order valence-electron chi connectivity index (χ4n) is 1.06. The van der Waals surface area contributed by atoms with E-state index in [1.165, 1.54) is 0 Å². The lowest BCUT2D eigenvalue weighted by Crippen LogP contribution is -1.97. The molecule has 0 aromatic heterocycles. The van der Waals surface area contributed by atoms with E-state index >= 15 is 0 Å². The Balaban J connectivity index is 0. The maximum Gasteiger partial charge on any atom is 0.160 e. The van der Waals surface area contributed by atoms with Crippen molar-refractivity contribution in [2.75, 3.05) is 0 Å². The summed E-state index contributed by atoms with van der Waals surface area (Å²) in [5, 5.41) is 0. The molecule has 0 aromatic rings. The Kier molecular flexibility index (Phi) is 10.9. The predicted molar refractivity (Wildman–Crippen MR) is 64.4 cm³/mol. The molecule has 0 saturated heterocycles. The van der Waals surface area contributed by atoms with Gasteiger partial charge in [-0.3, -0.25) is 4.79 Å². The number of Topliss-reactive ketones (excluding diaryl/α,β-unsaturated/α-hetero) is 1. The molecule has 0 unspecified atom stereocenters. The molecule has 0 fully saturated rings. The van der Waals surface area contributed by atoms with Crippen molar-refractivity contribution in [1.29, 1.82) is 0 Å². The Bertz CT molecular complexity index is 232. The van der Waals surface area contributed by atoms with E-state index in [9.17, 15) is 4.79 Å². The van der Waals surface area contributed by atoms with Gasteiger partial charge in [-0.05, 0) is 25.8 Å². The maximum absolute atomic E-state index is 11.1. The number of carbonyl (C=O) groups is 1. The van der Waals surface area contributed by atoms with E-state index in [2.05, 4.69) is 6.58 Å². The van der Waals surface area contributed by atoms with Crippen molar-refractivity contribution in [3.8, 4) is 0 Å². The van der Waals surface area contributed by atoms with Crippen LogP contribution in [0.4, 0.5) is 0 Å². The third-order valence-electron chi connectivity index (χ3n) is 1.69. The van der Waals surface area contributed by atoms with E-state index in [1.807, 2.05) is 39.8 Å². The number of allylic oxidation sites excluding steroid dienone is 5. The number of rotatable bonds is 4. The number of carbonyl (C=O) groups excluding carboxylic acids is 1. The van der Waals surface area contributed by atoms with Crippen LogP contribution in [-0.2, 0) is 4.79 Å². The van der Waals surface area contributed by atoms with Crippen LogP contribution in [0.5, 0.6) is 0 Å². The van der Waals surface area contributed by atoms with E-state index in [0.717, 1.165) is 17.6 Å². The zero-order chi connectivity index (χ0) is 11.6. The minimum Gasteiger partial charge on any atom is -0.295 e. The third-order valence-corrected chi connectivity index (χ3v) is 1.69. The molecule has 0 aliphatic rings. The van der Waals surface area contributed by atoms with Gasteiger partial charge in [-0.25, -0.2) is 0 Å². The van der Waals surface area contributed by atoms with Crippen molar-refractivity contribution in [2.45, 2.75) is 41.0 Å². The number of hydrogen-bond acceptors (Lipinski definition) is 1. The first kappa shape index (κ1) is 15.4. The fraction of sp³-hybridized carbons (Fsp3) is 0.462. The van der Waals surface area contributed by atoms with E-state index < -0.39 is 0 Å². The molecular weight excluding hydrogens is 172 g/mol. The van der Waals surface area contributed by atoms with Crippen LogP contribution >= 0.6 is 0 Å². The van der Waals surface area contributed by atoms with Crippen LogP contribution in [0.15, 0.2) is 36.0 Å².